The fourth-order valence-electron chi connectivity index (χ4n) is 3.18. The zero-order chi connectivity index (χ0) is 17.1. The molecular weight excluding hydrogens is 290 g/mol. The Labute approximate surface area is 139 Å². The van der Waals surface area contributed by atoms with Gasteiger partial charge in [-0.25, -0.2) is 4.79 Å². The second-order valence-electron chi connectivity index (χ2n) is 7.00. The van der Waals surface area contributed by atoms with Crippen molar-refractivity contribution in [3.05, 3.63) is 24.0 Å². The van der Waals surface area contributed by atoms with Gasteiger partial charge in [-0.3, -0.25) is 4.98 Å². The Hall–Kier alpha value is -1.78. The second-order valence-corrected chi connectivity index (χ2v) is 7.00. The summed E-state index contributed by atoms with van der Waals surface area (Å²) in [4.78, 5) is 18.5. The maximum Gasteiger partial charge on any atom is 0.410 e. The second kappa shape index (κ2) is 6.77. The molecule has 0 aromatic carbocycles. The van der Waals surface area contributed by atoms with Gasteiger partial charge in [0.15, 0.2) is 0 Å². The number of amides is 1. The number of ether oxygens (including phenoxy) is 1. The molecule has 1 amide bonds. The minimum absolute atomic E-state index is 0.0785. The van der Waals surface area contributed by atoms with Crippen molar-refractivity contribution in [2.45, 2.75) is 58.5 Å². The van der Waals surface area contributed by atoms with E-state index in [1.807, 2.05) is 51.8 Å². The summed E-state index contributed by atoms with van der Waals surface area (Å²) >= 11 is 0. The number of hydrogen-bond acceptors (Lipinski definition) is 4. The lowest BCUT2D eigenvalue weighted by Gasteiger charge is -2.39. The maximum absolute atomic E-state index is 12.1. The SMILES string of the molecule is CC.CC(C)(C)OC(=O)N1CCC2(CC1)CNc1cccnc12. The van der Waals surface area contributed by atoms with Gasteiger partial charge >= 0.3 is 6.09 Å². The molecule has 1 saturated heterocycles. The number of nitrogens with one attached hydrogen (secondary N) is 1. The summed E-state index contributed by atoms with van der Waals surface area (Å²) in [6, 6.07) is 4.04. The maximum atomic E-state index is 12.1. The van der Waals surface area contributed by atoms with Crippen LogP contribution < -0.4 is 5.32 Å². The standard InChI is InChI=1S/C16H23N3O2.C2H6/c1-15(2,3)21-14(20)19-9-6-16(7-10-19)11-18-12-5-4-8-17-13(12)16;1-2/h4-5,8,18H,6-7,9-11H2,1-3H3;1-2H3. The summed E-state index contributed by atoms with van der Waals surface area (Å²) in [5.74, 6) is 0. The first-order valence-corrected chi connectivity index (χ1v) is 8.57. The number of nitrogens with zero attached hydrogens (tertiary/aromatic N) is 2. The summed E-state index contributed by atoms with van der Waals surface area (Å²) in [7, 11) is 0. The Morgan fingerprint density at radius 2 is 1.96 bits per heavy atom. The van der Waals surface area contributed by atoms with Crippen molar-refractivity contribution in [2.24, 2.45) is 0 Å². The van der Waals surface area contributed by atoms with Crippen molar-refractivity contribution in [1.29, 1.82) is 0 Å². The van der Waals surface area contributed by atoms with E-state index in [0.29, 0.717) is 0 Å². The molecule has 0 bridgehead atoms. The molecule has 5 heteroatoms. The van der Waals surface area contributed by atoms with Gasteiger partial charge in [0.05, 0.1) is 11.4 Å². The number of hydrogen-bond donors (Lipinski definition) is 1. The highest BCUT2D eigenvalue weighted by molar-refractivity contribution is 5.68. The Bertz CT molecular complexity index is 543. The lowest BCUT2D eigenvalue weighted by atomic mass is 9.77. The highest BCUT2D eigenvalue weighted by Gasteiger charge is 2.43. The Morgan fingerprint density at radius 1 is 1.30 bits per heavy atom. The highest BCUT2D eigenvalue weighted by Crippen LogP contribution is 2.42. The van der Waals surface area contributed by atoms with Gasteiger partial charge in [-0.2, -0.15) is 0 Å². The van der Waals surface area contributed by atoms with Crippen LogP contribution in [-0.4, -0.2) is 41.2 Å². The molecule has 0 saturated carbocycles. The third kappa shape index (κ3) is 3.77. The van der Waals surface area contributed by atoms with Crippen molar-refractivity contribution in [3.63, 3.8) is 0 Å². The van der Waals surface area contributed by atoms with Crippen LogP contribution >= 0.6 is 0 Å². The van der Waals surface area contributed by atoms with Gasteiger partial charge in [-0.1, -0.05) is 13.8 Å². The summed E-state index contributed by atoms with van der Waals surface area (Å²) in [6.07, 6.45) is 3.52. The van der Waals surface area contributed by atoms with Gasteiger partial charge in [0.25, 0.3) is 0 Å². The number of carbonyl (C=O) groups excluding carboxylic acids is 1. The van der Waals surface area contributed by atoms with Gasteiger partial charge in [0.1, 0.15) is 5.60 Å². The van der Waals surface area contributed by atoms with Crippen LogP contribution in [0.15, 0.2) is 18.3 Å². The first-order valence-electron chi connectivity index (χ1n) is 8.57. The van der Waals surface area contributed by atoms with Crippen LogP contribution in [0.1, 0.15) is 53.2 Å². The van der Waals surface area contributed by atoms with Crippen molar-refractivity contribution in [3.8, 4) is 0 Å². The van der Waals surface area contributed by atoms with E-state index in [-0.39, 0.29) is 11.5 Å². The normalized spacial score (nSPS) is 18.6. The van der Waals surface area contributed by atoms with Crippen LogP contribution in [0, 0.1) is 0 Å². The summed E-state index contributed by atoms with van der Waals surface area (Å²) in [5, 5.41) is 3.45. The van der Waals surface area contributed by atoms with Crippen LogP contribution in [-0.2, 0) is 10.2 Å². The minimum Gasteiger partial charge on any atom is -0.444 e. The Morgan fingerprint density at radius 3 is 2.57 bits per heavy atom. The van der Waals surface area contributed by atoms with E-state index in [9.17, 15) is 4.79 Å². The molecule has 3 heterocycles. The molecule has 1 aromatic rings. The largest absolute Gasteiger partial charge is 0.444 e. The zero-order valence-electron chi connectivity index (χ0n) is 15.0. The fraction of sp³-hybridized carbons (Fsp3) is 0.667. The average Bonchev–Trinajstić information content (AvgIpc) is 2.88. The van der Waals surface area contributed by atoms with Crippen LogP contribution in [0.25, 0.3) is 0 Å². The first kappa shape index (κ1) is 17.6. The van der Waals surface area contributed by atoms with Crippen LogP contribution in [0.3, 0.4) is 0 Å². The third-order valence-electron chi connectivity index (χ3n) is 4.30. The predicted molar refractivity (Wildman–Crippen MR) is 92.8 cm³/mol. The van der Waals surface area contributed by atoms with Gasteiger partial charge < -0.3 is 15.0 Å². The number of pyridine rings is 1. The molecule has 1 N–H and O–H groups in total. The number of aromatic nitrogens is 1. The highest BCUT2D eigenvalue weighted by atomic mass is 16.6. The van der Waals surface area contributed by atoms with Crippen molar-refractivity contribution >= 4 is 11.8 Å². The van der Waals surface area contributed by atoms with Gasteiger partial charge in [-0.05, 0) is 45.7 Å². The van der Waals surface area contributed by atoms with E-state index >= 15 is 0 Å². The Kier molecular flexibility index (Phi) is 5.17. The van der Waals surface area contributed by atoms with E-state index in [1.165, 1.54) is 0 Å². The molecule has 0 aliphatic carbocycles. The number of anilines is 1. The smallest absolute Gasteiger partial charge is 0.410 e. The summed E-state index contributed by atoms with van der Waals surface area (Å²) in [5.41, 5.74) is 1.95. The molecule has 2 aliphatic rings. The molecule has 0 atom stereocenters. The first-order chi connectivity index (χ1) is 10.9. The number of rotatable bonds is 0. The molecule has 128 valence electrons. The molecule has 0 radical (unpaired) electrons. The molecule has 1 spiro atoms. The van der Waals surface area contributed by atoms with Crippen LogP contribution in [0.4, 0.5) is 10.5 Å². The molecule has 1 aromatic heterocycles. The summed E-state index contributed by atoms with van der Waals surface area (Å²) in [6.45, 7) is 12.1. The zero-order valence-corrected chi connectivity index (χ0v) is 15.0. The van der Waals surface area contributed by atoms with E-state index in [2.05, 4.69) is 16.4 Å². The van der Waals surface area contributed by atoms with Gasteiger partial charge in [0.2, 0.25) is 0 Å². The molecular formula is C18H29N3O2. The number of fused-ring (bicyclic) bond motifs is 2. The fourth-order valence-corrected chi connectivity index (χ4v) is 3.18. The molecule has 1 fully saturated rings. The van der Waals surface area contributed by atoms with E-state index < -0.39 is 5.60 Å². The topological polar surface area (TPSA) is 54.5 Å². The van der Waals surface area contributed by atoms with E-state index in [4.69, 9.17) is 4.74 Å². The number of piperidine rings is 1. The molecule has 23 heavy (non-hydrogen) atoms. The lowest BCUT2D eigenvalue weighted by molar-refractivity contribution is 0.0170. The third-order valence-corrected chi connectivity index (χ3v) is 4.30. The van der Waals surface area contributed by atoms with Gasteiger partial charge in [-0.15, -0.1) is 0 Å². The number of likely N-dealkylation sites (tertiary alicyclic amines) is 1. The Balaban J connectivity index is 0.000000924. The van der Waals surface area contributed by atoms with E-state index in [1.54, 1.807) is 0 Å². The molecule has 2 aliphatic heterocycles. The lowest BCUT2D eigenvalue weighted by Crippen LogP contribution is -2.47. The quantitative estimate of drug-likeness (QED) is 0.790. The predicted octanol–water partition coefficient (Wildman–Crippen LogP) is 3.80. The number of carbonyl (C=O) groups is 1. The van der Waals surface area contributed by atoms with Crippen molar-refractivity contribution in [2.75, 3.05) is 25.0 Å². The minimum atomic E-state index is -0.435. The summed E-state index contributed by atoms with van der Waals surface area (Å²) < 4.78 is 5.45. The van der Waals surface area contributed by atoms with Crippen LogP contribution in [0.2, 0.25) is 0 Å². The van der Waals surface area contributed by atoms with Crippen molar-refractivity contribution in [1.82, 2.24) is 9.88 Å². The van der Waals surface area contributed by atoms with Crippen molar-refractivity contribution < 1.29 is 9.53 Å². The molecule has 0 unspecified atom stereocenters. The monoisotopic (exact) mass is 319 g/mol. The average molecular weight is 319 g/mol. The molecule has 3 rings (SSSR count). The van der Waals surface area contributed by atoms with Crippen LogP contribution in [0.5, 0.6) is 0 Å². The van der Waals surface area contributed by atoms with Gasteiger partial charge in [0, 0.05) is 31.2 Å². The molecule has 5 nitrogen and oxygen atoms in total. The van der Waals surface area contributed by atoms with E-state index in [0.717, 1.165) is 43.9 Å².